The van der Waals surface area contributed by atoms with Crippen molar-refractivity contribution in [3.8, 4) is 0 Å². The molecule has 3 rings (SSSR count). The van der Waals surface area contributed by atoms with E-state index in [9.17, 15) is 27.1 Å². The van der Waals surface area contributed by atoms with E-state index in [0.29, 0.717) is 12.8 Å². The Bertz CT molecular complexity index is 1080. The van der Waals surface area contributed by atoms with Crippen LogP contribution in [0.5, 0.6) is 0 Å². The molecular weight excluding hydrogens is 450 g/mol. The Morgan fingerprint density at radius 2 is 1.84 bits per heavy atom. The monoisotopic (exact) mass is 472 g/mol. The van der Waals surface area contributed by atoms with Crippen LogP contribution >= 0.6 is 11.6 Å². The number of rotatable bonds is 4. The third kappa shape index (κ3) is 5.41. The fourth-order valence-electron chi connectivity index (χ4n) is 3.45. The van der Waals surface area contributed by atoms with E-state index in [1.807, 2.05) is 6.92 Å². The highest BCUT2D eigenvalue weighted by molar-refractivity contribution is 7.89. The number of aliphatic hydroxyl groups is 1. The van der Waals surface area contributed by atoms with Crippen LogP contribution in [0.1, 0.15) is 36.5 Å². The van der Waals surface area contributed by atoms with E-state index in [2.05, 4.69) is 5.32 Å². The van der Waals surface area contributed by atoms with Crippen LogP contribution in [0.2, 0.25) is 5.02 Å². The fourth-order valence-corrected chi connectivity index (χ4v) is 5.22. The summed E-state index contributed by atoms with van der Waals surface area (Å²) in [5.74, 6) is -2.26. The van der Waals surface area contributed by atoms with Crippen LogP contribution in [0.15, 0.2) is 41.3 Å². The predicted molar refractivity (Wildman–Crippen MR) is 114 cm³/mol. The number of amides is 1. The van der Waals surface area contributed by atoms with E-state index >= 15 is 0 Å². The molecule has 1 saturated heterocycles. The lowest BCUT2D eigenvalue weighted by molar-refractivity contribution is 0.0862. The van der Waals surface area contributed by atoms with Crippen molar-refractivity contribution in [1.29, 1.82) is 0 Å². The highest BCUT2D eigenvalue weighted by atomic mass is 35.5. The van der Waals surface area contributed by atoms with Crippen LogP contribution in [0.3, 0.4) is 0 Å². The maximum Gasteiger partial charge on any atom is 0.255 e. The third-order valence-electron chi connectivity index (χ3n) is 5.39. The highest BCUT2D eigenvalue weighted by Gasteiger charge is 2.31. The number of benzene rings is 2. The van der Waals surface area contributed by atoms with Crippen LogP contribution < -0.4 is 5.32 Å². The van der Waals surface area contributed by atoms with Crippen molar-refractivity contribution in [3.05, 3.63) is 58.6 Å². The van der Waals surface area contributed by atoms with Gasteiger partial charge in [-0.1, -0.05) is 18.5 Å². The van der Waals surface area contributed by atoms with Gasteiger partial charge in [0.15, 0.2) is 0 Å². The molecule has 31 heavy (non-hydrogen) atoms. The standard InChI is InChI=1S/C21H23ClF2N2O4S/c1-13-3-2-9-26(10-8-19(13)27)31(29,30)20-11-14(4-6-18(20)24)21(28)25-15-5-7-17(23)16(22)12-15/h4-7,11-13,19,27H,2-3,8-10H2,1H3,(H,25,28). The maximum absolute atomic E-state index is 14.5. The molecule has 0 bridgehead atoms. The second kappa shape index (κ2) is 9.60. The summed E-state index contributed by atoms with van der Waals surface area (Å²) in [7, 11) is -4.22. The lowest BCUT2D eigenvalue weighted by Gasteiger charge is -2.29. The smallest absolute Gasteiger partial charge is 0.255 e. The largest absolute Gasteiger partial charge is 0.393 e. The molecule has 1 aliphatic heterocycles. The second-order valence-corrected chi connectivity index (χ2v) is 9.92. The second-order valence-electron chi connectivity index (χ2n) is 7.61. The number of halogens is 3. The van der Waals surface area contributed by atoms with Gasteiger partial charge in [-0.05, 0) is 61.6 Å². The van der Waals surface area contributed by atoms with E-state index in [-0.39, 0.29) is 41.7 Å². The van der Waals surface area contributed by atoms with Gasteiger partial charge < -0.3 is 10.4 Å². The van der Waals surface area contributed by atoms with Crippen molar-refractivity contribution < 1.29 is 27.1 Å². The zero-order valence-electron chi connectivity index (χ0n) is 16.8. The van der Waals surface area contributed by atoms with Gasteiger partial charge in [0.2, 0.25) is 10.0 Å². The number of nitrogens with one attached hydrogen (secondary N) is 1. The Morgan fingerprint density at radius 1 is 1.13 bits per heavy atom. The van der Waals surface area contributed by atoms with Gasteiger partial charge in [0.1, 0.15) is 16.5 Å². The van der Waals surface area contributed by atoms with E-state index in [1.54, 1.807) is 0 Å². The number of hydrogen-bond acceptors (Lipinski definition) is 4. The first-order valence-corrected chi connectivity index (χ1v) is 11.7. The van der Waals surface area contributed by atoms with Crippen LogP contribution in [-0.2, 0) is 10.0 Å². The molecule has 1 fully saturated rings. The molecule has 0 aromatic heterocycles. The maximum atomic E-state index is 14.5. The highest BCUT2D eigenvalue weighted by Crippen LogP contribution is 2.26. The summed E-state index contributed by atoms with van der Waals surface area (Å²) >= 11 is 5.70. The minimum Gasteiger partial charge on any atom is -0.393 e. The Kier molecular flexibility index (Phi) is 7.31. The number of sulfonamides is 1. The molecule has 1 heterocycles. The summed E-state index contributed by atoms with van der Waals surface area (Å²) in [6, 6.07) is 6.64. The SMILES string of the molecule is CC1CCCN(S(=O)(=O)c2cc(C(=O)Nc3ccc(F)c(Cl)c3)ccc2F)CCC1O. The number of aliphatic hydroxyl groups excluding tert-OH is 1. The van der Waals surface area contributed by atoms with Gasteiger partial charge in [-0.2, -0.15) is 4.31 Å². The molecule has 2 N–H and O–H groups in total. The average molecular weight is 473 g/mol. The summed E-state index contributed by atoms with van der Waals surface area (Å²) in [6.45, 7) is 2.16. The molecule has 0 aliphatic carbocycles. The van der Waals surface area contributed by atoms with Crippen molar-refractivity contribution in [1.82, 2.24) is 4.31 Å². The van der Waals surface area contributed by atoms with E-state index in [4.69, 9.17) is 11.6 Å². The first-order valence-electron chi connectivity index (χ1n) is 9.84. The van der Waals surface area contributed by atoms with Gasteiger partial charge >= 0.3 is 0 Å². The van der Waals surface area contributed by atoms with Gasteiger partial charge in [-0.25, -0.2) is 17.2 Å². The normalized spacial score (nSPS) is 20.7. The molecule has 1 aliphatic rings. The van der Waals surface area contributed by atoms with Crippen LogP contribution in [0.4, 0.5) is 14.5 Å². The number of hydrogen-bond donors (Lipinski definition) is 2. The topological polar surface area (TPSA) is 86.7 Å². The van der Waals surface area contributed by atoms with Crippen LogP contribution in [-0.4, -0.2) is 42.9 Å². The quantitative estimate of drug-likeness (QED) is 0.703. The number of nitrogens with zero attached hydrogens (tertiary/aromatic N) is 1. The van der Waals surface area contributed by atoms with Gasteiger partial charge in [0, 0.05) is 24.3 Å². The molecule has 2 unspecified atom stereocenters. The summed E-state index contributed by atoms with van der Waals surface area (Å²) in [5, 5.41) is 12.4. The molecule has 168 valence electrons. The van der Waals surface area contributed by atoms with Crippen molar-refractivity contribution in [3.63, 3.8) is 0 Å². The summed E-state index contributed by atoms with van der Waals surface area (Å²) in [4.78, 5) is 11.9. The lowest BCUT2D eigenvalue weighted by atomic mass is 9.95. The molecule has 2 aromatic rings. The lowest BCUT2D eigenvalue weighted by Crippen LogP contribution is -2.38. The molecule has 0 spiro atoms. The van der Waals surface area contributed by atoms with E-state index in [0.717, 1.165) is 28.6 Å². The van der Waals surface area contributed by atoms with Gasteiger partial charge in [0.25, 0.3) is 5.91 Å². The number of carbonyl (C=O) groups excluding carboxylic acids is 1. The van der Waals surface area contributed by atoms with Gasteiger partial charge in [-0.15, -0.1) is 0 Å². The molecular formula is C21H23ClF2N2O4S. The third-order valence-corrected chi connectivity index (χ3v) is 7.59. The van der Waals surface area contributed by atoms with Gasteiger partial charge in [-0.3, -0.25) is 4.79 Å². The Labute approximate surface area is 184 Å². The first-order chi connectivity index (χ1) is 14.6. The van der Waals surface area contributed by atoms with Crippen molar-refractivity contribution in [2.24, 2.45) is 5.92 Å². The van der Waals surface area contributed by atoms with Crippen LogP contribution in [0.25, 0.3) is 0 Å². The minimum atomic E-state index is -4.22. The summed E-state index contributed by atoms with van der Waals surface area (Å²) in [5.41, 5.74) is 0.123. The van der Waals surface area contributed by atoms with Crippen LogP contribution in [0, 0.1) is 17.6 Å². The predicted octanol–water partition coefficient (Wildman–Crippen LogP) is 4.04. The molecule has 0 radical (unpaired) electrons. The summed E-state index contributed by atoms with van der Waals surface area (Å²) < 4.78 is 55.1. The van der Waals surface area contributed by atoms with Crippen molar-refractivity contribution in [2.75, 3.05) is 18.4 Å². The van der Waals surface area contributed by atoms with E-state index in [1.165, 1.54) is 12.1 Å². The molecule has 2 atom stereocenters. The number of anilines is 1. The molecule has 6 nitrogen and oxygen atoms in total. The Balaban J connectivity index is 1.85. The fraction of sp³-hybridized carbons (Fsp3) is 0.381. The Hall–Kier alpha value is -2.07. The zero-order chi connectivity index (χ0) is 22.8. The van der Waals surface area contributed by atoms with Gasteiger partial charge in [0.05, 0.1) is 11.1 Å². The van der Waals surface area contributed by atoms with Crippen molar-refractivity contribution in [2.45, 2.75) is 37.2 Å². The Morgan fingerprint density at radius 3 is 2.55 bits per heavy atom. The zero-order valence-corrected chi connectivity index (χ0v) is 18.4. The average Bonchev–Trinajstić information content (AvgIpc) is 2.71. The number of carbonyl (C=O) groups is 1. The first kappa shape index (κ1) is 23.6. The summed E-state index contributed by atoms with van der Waals surface area (Å²) in [6.07, 6.45) is 0.790. The molecule has 1 amide bonds. The minimum absolute atomic E-state index is 0.0534. The molecule has 10 heteroatoms. The molecule has 2 aromatic carbocycles. The van der Waals surface area contributed by atoms with E-state index < -0.39 is 38.6 Å². The van der Waals surface area contributed by atoms with Crippen molar-refractivity contribution >= 4 is 33.2 Å². The molecule has 0 saturated carbocycles.